The Bertz CT molecular complexity index is 174. The molecule has 0 aromatic heterocycles. The third-order valence-corrected chi connectivity index (χ3v) is 4.21. The fourth-order valence-electron chi connectivity index (χ4n) is 3.00. The van der Waals surface area contributed by atoms with Crippen molar-refractivity contribution in [1.82, 2.24) is 0 Å². The van der Waals surface area contributed by atoms with Crippen LogP contribution in [0.2, 0.25) is 0 Å². The highest BCUT2D eigenvalue weighted by Crippen LogP contribution is 2.39. The van der Waals surface area contributed by atoms with Gasteiger partial charge in [0.2, 0.25) is 0 Å². The first-order valence-electron chi connectivity index (χ1n) is 6.47. The maximum Gasteiger partial charge on any atom is 0.0571 e. The van der Waals surface area contributed by atoms with Gasteiger partial charge in [-0.25, -0.2) is 0 Å². The Morgan fingerprint density at radius 1 is 1.14 bits per heavy atom. The molecule has 0 spiro atoms. The second-order valence-corrected chi connectivity index (χ2v) is 5.45. The molecule has 0 aliphatic heterocycles. The SMILES string of the molecule is CCC1CCCC(CC(O)C2CC2)C1. The quantitative estimate of drug-likeness (QED) is 0.731. The first kappa shape index (κ1) is 10.5. The third-order valence-electron chi connectivity index (χ3n) is 4.21. The smallest absolute Gasteiger partial charge is 0.0571 e. The van der Waals surface area contributed by atoms with E-state index in [0.717, 1.165) is 18.3 Å². The lowest BCUT2D eigenvalue weighted by Crippen LogP contribution is -2.21. The lowest BCUT2D eigenvalue weighted by Gasteiger charge is -2.29. The Morgan fingerprint density at radius 2 is 1.86 bits per heavy atom. The molecule has 2 rings (SSSR count). The molecule has 0 bridgehead atoms. The Labute approximate surface area is 87.9 Å². The standard InChI is InChI=1S/C13H24O/c1-2-10-4-3-5-11(8-10)9-13(14)12-6-7-12/h10-14H,2-9H2,1H3. The number of aliphatic hydroxyl groups is 1. The van der Waals surface area contributed by atoms with E-state index in [1.165, 1.54) is 44.9 Å². The van der Waals surface area contributed by atoms with Crippen LogP contribution >= 0.6 is 0 Å². The second-order valence-electron chi connectivity index (χ2n) is 5.45. The molecule has 3 atom stereocenters. The van der Waals surface area contributed by atoms with Gasteiger partial charge in [0.15, 0.2) is 0 Å². The summed E-state index contributed by atoms with van der Waals surface area (Å²) < 4.78 is 0. The summed E-state index contributed by atoms with van der Waals surface area (Å²) in [6.45, 7) is 2.31. The maximum atomic E-state index is 9.90. The minimum absolute atomic E-state index is 0.0376. The van der Waals surface area contributed by atoms with E-state index in [1.807, 2.05) is 0 Å². The Hall–Kier alpha value is -0.0400. The molecular formula is C13H24O. The number of hydrogen-bond acceptors (Lipinski definition) is 1. The molecule has 2 saturated carbocycles. The molecule has 1 heteroatoms. The largest absolute Gasteiger partial charge is 0.393 e. The molecule has 82 valence electrons. The second kappa shape index (κ2) is 4.65. The van der Waals surface area contributed by atoms with Crippen LogP contribution in [0.5, 0.6) is 0 Å². The molecule has 0 heterocycles. The van der Waals surface area contributed by atoms with Crippen molar-refractivity contribution in [2.45, 2.75) is 64.4 Å². The Kier molecular flexibility index (Phi) is 3.48. The normalized spacial score (nSPS) is 35.6. The van der Waals surface area contributed by atoms with Gasteiger partial charge in [0, 0.05) is 0 Å². The number of aliphatic hydroxyl groups excluding tert-OH is 1. The number of rotatable bonds is 4. The predicted octanol–water partition coefficient (Wildman–Crippen LogP) is 3.36. The summed E-state index contributed by atoms with van der Waals surface area (Å²) in [4.78, 5) is 0. The lowest BCUT2D eigenvalue weighted by atomic mass is 9.77. The molecule has 3 unspecified atom stereocenters. The van der Waals surface area contributed by atoms with Crippen LogP contribution in [0.1, 0.15) is 58.3 Å². The van der Waals surface area contributed by atoms with E-state index in [-0.39, 0.29) is 6.10 Å². The highest BCUT2D eigenvalue weighted by atomic mass is 16.3. The zero-order valence-electron chi connectivity index (χ0n) is 9.41. The third kappa shape index (κ3) is 2.73. The van der Waals surface area contributed by atoms with Crippen LogP contribution in [0.4, 0.5) is 0 Å². The summed E-state index contributed by atoms with van der Waals surface area (Å²) in [5, 5.41) is 9.90. The fraction of sp³-hybridized carbons (Fsp3) is 1.00. The van der Waals surface area contributed by atoms with Gasteiger partial charge in [0.1, 0.15) is 0 Å². The average molecular weight is 196 g/mol. The van der Waals surface area contributed by atoms with E-state index in [0.29, 0.717) is 5.92 Å². The van der Waals surface area contributed by atoms with Crippen molar-refractivity contribution in [2.75, 3.05) is 0 Å². The molecule has 1 N–H and O–H groups in total. The van der Waals surface area contributed by atoms with Crippen LogP contribution in [0.3, 0.4) is 0 Å². The van der Waals surface area contributed by atoms with Crippen molar-refractivity contribution in [3.63, 3.8) is 0 Å². The van der Waals surface area contributed by atoms with E-state index in [2.05, 4.69) is 6.92 Å². The van der Waals surface area contributed by atoms with Gasteiger partial charge in [0.25, 0.3) is 0 Å². The summed E-state index contributed by atoms with van der Waals surface area (Å²) in [6, 6.07) is 0. The first-order valence-corrected chi connectivity index (χ1v) is 6.47. The van der Waals surface area contributed by atoms with Gasteiger partial charge >= 0.3 is 0 Å². The minimum atomic E-state index is 0.0376. The van der Waals surface area contributed by atoms with Crippen LogP contribution in [0.25, 0.3) is 0 Å². The summed E-state index contributed by atoms with van der Waals surface area (Å²) >= 11 is 0. The highest BCUT2D eigenvalue weighted by molar-refractivity contribution is 4.84. The first-order chi connectivity index (χ1) is 6.79. The van der Waals surface area contributed by atoms with Crippen molar-refractivity contribution in [1.29, 1.82) is 0 Å². The van der Waals surface area contributed by atoms with Crippen molar-refractivity contribution >= 4 is 0 Å². The zero-order chi connectivity index (χ0) is 9.97. The van der Waals surface area contributed by atoms with Crippen molar-refractivity contribution < 1.29 is 5.11 Å². The van der Waals surface area contributed by atoms with E-state index >= 15 is 0 Å². The molecule has 0 amide bonds. The highest BCUT2D eigenvalue weighted by Gasteiger charge is 2.32. The van der Waals surface area contributed by atoms with Gasteiger partial charge in [-0.1, -0.05) is 32.6 Å². The minimum Gasteiger partial charge on any atom is -0.393 e. The molecule has 2 fully saturated rings. The average Bonchev–Trinajstić information content (AvgIpc) is 3.01. The van der Waals surface area contributed by atoms with E-state index < -0.39 is 0 Å². The van der Waals surface area contributed by atoms with E-state index in [9.17, 15) is 5.11 Å². The van der Waals surface area contributed by atoms with Crippen molar-refractivity contribution in [3.05, 3.63) is 0 Å². The van der Waals surface area contributed by atoms with Gasteiger partial charge in [-0.05, 0) is 43.4 Å². The Morgan fingerprint density at radius 3 is 2.50 bits per heavy atom. The van der Waals surface area contributed by atoms with Crippen LogP contribution in [0, 0.1) is 17.8 Å². The summed E-state index contributed by atoms with van der Waals surface area (Å²) in [5.74, 6) is 2.47. The summed E-state index contributed by atoms with van der Waals surface area (Å²) in [6.07, 6.45) is 10.6. The maximum absolute atomic E-state index is 9.90. The molecule has 0 radical (unpaired) electrons. The van der Waals surface area contributed by atoms with Crippen LogP contribution in [0.15, 0.2) is 0 Å². The molecule has 1 nitrogen and oxygen atoms in total. The van der Waals surface area contributed by atoms with Crippen molar-refractivity contribution in [3.8, 4) is 0 Å². The van der Waals surface area contributed by atoms with Crippen molar-refractivity contribution in [2.24, 2.45) is 17.8 Å². The summed E-state index contributed by atoms with van der Waals surface area (Å²) in [5.41, 5.74) is 0. The molecule has 0 aromatic carbocycles. The van der Waals surface area contributed by atoms with E-state index in [1.54, 1.807) is 0 Å². The summed E-state index contributed by atoms with van der Waals surface area (Å²) in [7, 11) is 0. The van der Waals surface area contributed by atoms with Gasteiger partial charge in [0.05, 0.1) is 6.10 Å². The van der Waals surface area contributed by atoms with Crippen LogP contribution in [-0.4, -0.2) is 11.2 Å². The fourth-order valence-corrected chi connectivity index (χ4v) is 3.00. The molecular weight excluding hydrogens is 172 g/mol. The van der Waals surface area contributed by atoms with E-state index in [4.69, 9.17) is 0 Å². The van der Waals surface area contributed by atoms with Crippen LogP contribution < -0.4 is 0 Å². The topological polar surface area (TPSA) is 20.2 Å². The molecule has 0 aromatic rings. The van der Waals surface area contributed by atoms with Crippen LogP contribution in [-0.2, 0) is 0 Å². The number of hydrogen-bond donors (Lipinski definition) is 1. The van der Waals surface area contributed by atoms with Gasteiger partial charge in [-0.15, -0.1) is 0 Å². The zero-order valence-corrected chi connectivity index (χ0v) is 9.41. The lowest BCUT2D eigenvalue weighted by molar-refractivity contribution is 0.101. The van der Waals surface area contributed by atoms with Gasteiger partial charge < -0.3 is 5.11 Å². The van der Waals surface area contributed by atoms with Gasteiger partial charge in [-0.3, -0.25) is 0 Å². The molecule has 2 aliphatic rings. The molecule has 14 heavy (non-hydrogen) atoms. The van der Waals surface area contributed by atoms with Gasteiger partial charge in [-0.2, -0.15) is 0 Å². The Balaban J connectivity index is 1.73. The monoisotopic (exact) mass is 196 g/mol. The molecule has 0 saturated heterocycles. The molecule has 2 aliphatic carbocycles. The predicted molar refractivity (Wildman–Crippen MR) is 59.1 cm³/mol.